The van der Waals surface area contributed by atoms with Gasteiger partial charge >= 0.3 is 0 Å². The van der Waals surface area contributed by atoms with Gasteiger partial charge < -0.3 is 20.6 Å². The number of amides is 1. The molecule has 2 unspecified atom stereocenters. The highest BCUT2D eigenvalue weighted by atomic mass is 16.3. The number of aliphatic imine (C=N–C) groups is 1. The molecule has 1 amide bonds. The molecular formula is C17H34N4O2. The van der Waals surface area contributed by atoms with Gasteiger partial charge in [-0.2, -0.15) is 0 Å². The highest BCUT2D eigenvalue weighted by molar-refractivity contribution is 5.80. The van der Waals surface area contributed by atoms with Crippen molar-refractivity contribution >= 4 is 11.9 Å². The van der Waals surface area contributed by atoms with Gasteiger partial charge in [-0.15, -0.1) is 0 Å². The summed E-state index contributed by atoms with van der Waals surface area (Å²) in [5.41, 5.74) is 0. The Balaban J connectivity index is 2.53. The van der Waals surface area contributed by atoms with Crippen molar-refractivity contribution in [3.63, 3.8) is 0 Å². The smallest absolute Gasteiger partial charge is 0.222 e. The first-order chi connectivity index (χ1) is 11.1. The lowest BCUT2D eigenvalue weighted by molar-refractivity contribution is -0.129. The molecule has 134 valence electrons. The average Bonchev–Trinajstić information content (AvgIpc) is 3.01. The second-order valence-corrected chi connectivity index (χ2v) is 6.21. The highest BCUT2D eigenvalue weighted by Crippen LogP contribution is 2.12. The van der Waals surface area contributed by atoms with E-state index in [2.05, 4.69) is 29.5 Å². The van der Waals surface area contributed by atoms with Crippen molar-refractivity contribution in [3.8, 4) is 0 Å². The minimum atomic E-state index is 0.223. The molecule has 0 spiro atoms. The first-order valence-electron chi connectivity index (χ1n) is 9.07. The van der Waals surface area contributed by atoms with Gasteiger partial charge in [-0.05, 0) is 32.1 Å². The van der Waals surface area contributed by atoms with Gasteiger partial charge in [0, 0.05) is 45.2 Å². The molecule has 0 radical (unpaired) electrons. The molecule has 0 aliphatic carbocycles. The first-order valence-corrected chi connectivity index (χ1v) is 9.07. The number of hydrogen-bond donors (Lipinski definition) is 3. The summed E-state index contributed by atoms with van der Waals surface area (Å²) >= 11 is 0. The van der Waals surface area contributed by atoms with Crippen molar-refractivity contribution in [3.05, 3.63) is 0 Å². The molecule has 6 heteroatoms. The molecule has 1 rings (SSSR count). The molecule has 1 aliphatic rings. The van der Waals surface area contributed by atoms with E-state index in [4.69, 9.17) is 5.11 Å². The van der Waals surface area contributed by atoms with Gasteiger partial charge in [0.25, 0.3) is 0 Å². The van der Waals surface area contributed by atoms with Crippen LogP contribution in [-0.2, 0) is 4.79 Å². The van der Waals surface area contributed by atoms with E-state index in [-0.39, 0.29) is 18.6 Å². The van der Waals surface area contributed by atoms with Crippen LogP contribution in [-0.4, -0.2) is 60.7 Å². The third-order valence-corrected chi connectivity index (χ3v) is 4.27. The van der Waals surface area contributed by atoms with Crippen LogP contribution in [0.1, 0.15) is 52.9 Å². The van der Waals surface area contributed by atoms with E-state index in [0.29, 0.717) is 12.3 Å². The van der Waals surface area contributed by atoms with Crippen LogP contribution in [0.5, 0.6) is 0 Å². The van der Waals surface area contributed by atoms with Crippen LogP contribution in [0.25, 0.3) is 0 Å². The normalized spacial score (nSPS) is 19.7. The number of nitrogens with one attached hydrogen (secondary N) is 2. The topological polar surface area (TPSA) is 77.0 Å². The molecule has 2 atom stereocenters. The predicted octanol–water partition coefficient (Wildman–Crippen LogP) is 1.35. The monoisotopic (exact) mass is 326 g/mol. The fourth-order valence-electron chi connectivity index (χ4n) is 2.98. The van der Waals surface area contributed by atoms with Crippen LogP contribution in [0.3, 0.4) is 0 Å². The number of aliphatic hydroxyl groups is 1. The fourth-order valence-corrected chi connectivity index (χ4v) is 2.98. The summed E-state index contributed by atoms with van der Waals surface area (Å²) < 4.78 is 0. The molecule has 1 saturated heterocycles. The summed E-state index contributed by atoms with van der Waals surface area (Å²) in [6, 6.07) is 0.269. The summed E-state index contributed by atoms with van der Waals surface area (Å²) in [6.07, 6.45) is 4.54. The van der Waals surface area contributed by atoms with Crippen molar-refractivity contribution < 1.29 is 9.90 Å². The van der Waals surface area contributed by atoms with E-state index in [1.807, 2.05) is 11.8 Å². The minimum Gasteiger partial charge on any atom is -0.396 e. The third kappa shape index (κ3) is 7.20. The number of rotatable bonds is 9. The van der Waals surface area contributed by atoms with Gasteiger partial charge in [0.2, 0.25) is 5.91 Å². The molecule has 1 fully saturated rings. The maximum absolute atomic E-state index is 11.8. The van der Waals surface area contributed by atoms with Gasteiger partial charge in [0.05, 0.1) is 0 Å². The van der Waals surface area contributed by atoms with Crippen LogP contribution in [0, 0.1) is 5.92 Å². The molecular weight excluding hydrogens is 292 g/mol. The molecule has 1 heterocycles. The van der Waals surface area contributed by atoms with Gasteiger partial charge in [-0.3, -0.25) is 9.79 Å². The van der Waals surface area contributed by atoms with Crippen LogP contribution >= 0.6 is 0 Å². The number of likely N-dealkylation sites (tertiary alicyclic amines) is 1. The lowest BCUT2D eigenvalue weighted by Gasteiger charge is -2.19. The van der Waals surface area contributed by atoms with Crippen LogP contribution < -0.4 is 10.6 Å². The average molecular weight is 326 g/mol. The second-order valence-electron chi connectivity index (χ2n) is 6.21. The van der Waals surface area contributed by atoms with Gasteiger partial charge in [0.1, 0.15) is 0 Å². The molecule has 0 bridgehead atoms. The zero-order valence-electron chi connectivity index (χ0n) is 15.0. The molecule has 23 heavy (non-hydrogen) atoms. The lowest BCUT2D eigenvalue weighted by Crippen LogP contribution is -2.45. The van der Waals surface area contributed by atoms with E-state index in [9.17, 15) is 4.79 Å². The summed E-state index contributed by atoms with van der Waals surface area (Å²) in [4.78, 5) is 18.4. The Hall–Kier alpha value is -1.30. The Morgan fingerprint density at radius 1 is 1.35 bits per heavy atom. The zero-order valence-corrected chi connectivity index (χ0v) is 15.0. The molecule has 0 aromatic carbocycles. The van der Waals surface area contributed by atoms with Crippen molar-refractivity contribution in [1.29, 1.82) is 0 Å². The molecule has 1 aliphatic heterocycles. The first kappa shape index (κ1) is 19.7. The van der Waals surface area contributed by atoms with Crippen molar-refractivity contribution in [2.24, 2.45) is 10.9 Å². The molecule has 0 aromatic heterocycles. The molecule has 0 aromatic rings. The fraction of sp³-hybridized carbons (Fsp3) is 0.882. The van der Waals surface area contributed by atoms with E-state index in [1.54, 1.807) is 0 Å². The summed E-state index contributed by atoms with van der Waals surface area (Å²) in [5, 5.41) is 15.9. The Morgan fingerprint density at radius 3 is 2.74 bits per heavy atom. The highest BCUT2D eigenvalue weighted by Gasteiger charge is 2.25. The SMILES string of the molecule is CCCC(CCO)CN=C(NCC)NC1CCN(C(=O)CC)C1. The van der Waals surface area contributed by atoms with E-state index >= 15 is 0 Å². The van der Waals surface area contributed by atoms with Crippen molar-refractivity contribution in [2.45, 2.75) is 58.9 Å². The van der Waals surface area contributed by atoms with Gasteiger partial charge in [0.15, 0.2) is 5.96 Å². The van der Waals surface area contributed by atoms with Crippen LogP contribution in [0.2, 0.25) is 0 Å². The summed E-state index contributed by atoms with van der Waals surface area (Å²) in [6.45, 7) is 9.47. The molecule has 3 N–H and O–H groups in total. The number of nitrogens with zero attached hydrogens (tertiary/aromatic N) is 2. The summed E-state index contributed by atoms with van der Waals surface area (Å²) in [7, 11) is 0. The second kappa shape index (κ2) is 11.3. The Kier molecular flexibility index (Phi) is 9.67. The maximum Gasteiger partial charge on any atom is 0.222 e. The number of carbonyl (C=O) groups excluding carboxylic acids is 1. The number of hydrogen-bond acceptors (Lipinski definition) is 3. The van der Waals surface area contributed by atoms with Crippen LogP contribution in [0.4, 0.5) is 0 Å². The number of guanidine groups is 1. The van der Waals surface area contributed by atoms with Gasteiger partial charge in [-0.1, -0.05) is 20.3 Å². The molecule has 6 nitrogen and oxygen atoms in total. The lowest BCUT2D eigenvalue weighted by atomic mass is 10.0. The third-order valence-electron chi connectivity index (χ3n) is 4.27. The Bertz CT molecular complexity index is 368. The predicted molar refractivity (Wildman–Crippen MR) is 94.5 cm³/mol. The van der Waals surface area contributed by atoms with Crippen molar-refractivity contribution in [2.75, 3.05) is 32.8 Å². The Labute approximate surface area is 140 Å². The standard InChI is InChI=1S/C17H34N4O2/c1-4-7-14(9-11-22)12-19-17(18-6-3)20-15-8-10-21(13-15)16(23)5-2/h14-15,22H,4-13H2,1-3H3,(H2,18,19,20). The largest absolute Gasteiger partial charge is 0.396 e. The van der Waals surface area contributed by atoms with E-state index in [1.165, 1.54) is 0 Å². The maximum atomic E-state index is 11.8. The Morgan fingerprint density at radius 2 is 2.13 bits per heavy atom. The minimum absolute atomic E-state index is 0.223. The van der Waals surface area contributed by atoms with Gasteiger partial charge in [-0.25, -0.2) is 0 Å². The van der Waals surface area contributed by atoms with Crippen molar-refractivity contribution in [1.82, 2.24) is 15.5 Å². The quantitative estimate of drug-likeness (QED) is 0.441. The van der Waals surface area contributed by atoms with E-state index in [0.717, 1.165) is 57.8 Å². The molecule has 0 saturated carbocycles. The number of carbonyl (C=O) groups is 1. The number of aliphatic hydroxyl groups excluding tert-OH is 1. The van der Waals surface area contributed by atoms with E-state index < -0.39 is 0 Å². The van der Waals surface area contributed by atoms with Crippen LogP contribution in [0.15, 0.2) is 4.99 Å². The zero-order chi connectivity index (χ0) is 17.1. The summed E-state index contributed by atoms with van der Waals surface area (Å²) in [5.74, 6) is 1.48.